The number of amides is 1. The van der Waals surface area contributed by atoms with Crippen LogP contribution in [0.4, 0.5) is 4.39 Å². The third-order valence-electron chi connectivity index (χ3n) is 8.43. The topological polar surface area (TPSA) is 46.9 Å². The Morgan fingerprint density at radius 2 is 1.68 bits per heavy atom. The largest absolute Gasteiger partial charge is 0.352 e. The van der Waals surface area contributed by atoms with E-state index in [2.05, 4.69) is 52.3 Å². The molecule has 4 nitrogen and oxygen atoms in total. The van der Waals surface area contributed by atoms with Crippen LogP contribution in [0.25, 0.3) is 21.8 Å². The van der Waals surface area contributed by atoms with Gasteiger partial charge in [-0.3, -0.25) is 4.79 Å². The zero-order valence-electron chi connectivity index (χ0n) is 21.9. The van der Waals surface area contributed by atoms with Gasteiger partial charge in [-0.25, -0.2) is 9.37 Å². The molecule has 1 unspecified atom stereocenters. The summed E-state index contributed by atoms with van der Waals surface area (Å²) in [5.74, 6) is 1.49. The fourth-order valence-corrected chi connectivity index (χ4v) is 7.52. The van der Waals surface area contributed by atoms with Gasteiger partial charge < -0.3 is 9.88 Å². The van der Waals surface area contributed by atoms with Crippen LogP contribution in [0.1, 0.15) is 76.1 Å². The predicted molar refractivity (Wildman–Crippen MR) is 154 cm³/mol. The highest BCUT2D eigenvalue weighted by Gasteiger charge is 2.35. The molecular weight excluding hydrogens is 493 g/mol. The summed E-state index contributed by atoms with van der Waals surface area (Å²) in [7, 11) is 0. The summed E-state index contributed by atoms with van der Waals surface area (Å²) >= 11 is 1.74. The van der Waals surface area contributed by atoms with Gasteiger partial charge in [-0.1, -0.05) is 74.9 Å². The van der Waals surface area contributed by atoms with E-state index in [0.717, 1.165) is 55.4 Å². The maximum absolute atomic E-state index is 14.6. The number of thioether (sulfide) groups is 1. The zero-order valence-corrected chi connectivity index (χ0v) is 22.7. The Balaban J connectivity index is 1.39. The number of fused-ring (bicyclic) bond motifs is 2. The summed E-state index contributed by atoms with van der Waals surface area (Å²) in [4.78, 5) is 20.3. The van der Waals surface area contributed by atoms with Crippen molar-refractivity contribution >= 4 is 39.5 Å². The van der Waals surface area contributed by atoms with Gasteiger partial charge in [0.25, 0.3) is 0 Å². The van der Waals surface area contributed by atoms with Gasteiger partial charge in [0, 0.05) is 10.9 Å². The second kappa shape index (κ2) is 11.5. The molecule has 2 aliphatic carbocycles. The highest BCUT2D eigenvalue weighted by molar-refractivity contribution is 7.98. The second-order valence-corrected chi connectivity index (χ2v) is 12.0. The molecule has 0 bridgehead atoms. The summed E-state index contributed by atoms with van der Waals surface area (Å²) in [5.41, 5.74) is 1.49. The van der Waals surface area contributed by atoms with E-state index < -0.39 is 0 Å². The number of imidazole rings is 1. The Kier molecular flexibility index (Phi) is 7.68. The molecular formula is C32H36FN3OS. The molecule has 3 aromatic carbocycles. The number of carbonyl (C=O) groups excluding carboxylic acids is 1. The first-order chi connectivity index (χ1) is 18.7. The van der Waals surface area contributed by atoms with Gasteiger partial charge >= 0.3 is 0 Å². The van der Waals surface area contributed by atoms with E-state index in [1.54, 1.807) is 23.9 Å². The van der Waals surface area contributed by atoms with Crippen LogP contribution in [0.15, 0.2) is 65.6 Å². The van der Waals surface area contributed by atoms with Gasteiger partial charge in [0.05, 0.1) is 16.8 Å². The number of hydrogen-bond acceptors (Lipinski definition) is 3. The predicted octanol–water partition coefficient (Wildman–Crippen LogP) is 8.19. The van der Waals surface area contributed by atoms with Crippen molar-refractivity contribution in [2.24, 2.45) is 5.92 Å². The van der Waals surface area contributed by atoms with E-state index in [1.165, 1.54) is 47.4 Å². The standard InChI is InChI=1S/C32H36FN3OS/c33-24-18-19-27-28(20-24)36(30(35-27)21-38-29-17-9-13-22-10-7-8-16-26(22)29)31(23-11-3-1-4-12-23)32(37)34-25-14-5-2-6-15-25/h7-10,13,16-20,23,25,31H,1-6,11-12,14-15,21H2,(H,34,37). The summed E-state index contributed by atoms with van der Waals surface area (Å²) < 4.78 is 16.7. The van der Waals surface area contributed by atoms with Gasteiger partial charge in [-0.05, 0) is 66.6 Å². The van der Waals surface area contributed by atoms with E-state index in [9.17, 15) is 9.18 Å². The Bertz CT molecular complexity index is 1420. The van der Waals surface area contributed by atoms with E-state index in [0.29, 0.717) is 5.75 Å². The molecule has 198 valence electrons. The number of benzene rings is 3. The van der Waals surface area contributed by atoms with Crippen molar-refractivity contribution in [3.8, 4) is 0 Å². The molecule has 2 saturated carbocycles. The number of carbonyl (C=O) groups is 1. The summed E-state index contributed by atoms with van der Waals surface area (Å²) in [6, 6.07) is 19.4. The van der Waals surface area contributed by atoms with Gasteiger partial charge in [-0.2, -0.15) is 0 Å². The van der Waals surface area contributed by atoms with Gasteiger partial charge in [0.2, 0.25) is 5.91 Å². The molecule has 1 N–H and O–H groups in total. The average molecular weight is 530 g/mol. The van der Waals surface area contributed by atoms with E-state index >= 15 is 0 Å². The summed E-state index contributed by atoms with van der Waals surface area (Å²) in [6.07, 6.45) is 11.2. The van der Waals surface area contributed by atoms with Gasteiger partial charge in [0.15, 0.2) is 0 Å². The number of aromatic nitrogens is 2. The molecule has 2 aliphatic rings. The van der Waals surface area contributed by atoms with Crippen molar-refractivity contribution in [2.45, 2.75) is 86.9 Å². The minimum Gasteiger partial charge on any atom is -0.352 e. The fraction of sp³-hybridized carbons (Fsp3) is 0.438. The Hall–Kier alpha value is -2.86. The van der Waals surface area contributed by atoms with Gasteiger partial charge in [0.1, 0.15) is 17.7 Å². The lowest BCUT2D eigenvalue weighted by atomic mass is 9.83. The average Bonchev–Trinajstić information content (AvgIpc) is 3.30. The lowest BCUT2D eigenvalue weighted by Gasteiger charge is -2.33. The molecule has 0 radical (unpaired) electrons. The molecule has 0 spiro atoms. The molecule has 1 amide bonds. The number of halogens is 1. The first-order valence-electron chi connectivity index (χ1n) is 14.2. The number of hydrogen-bond donors (Lipinski definition) is 1. The molecule has 1 heterocycles. The Morgan fingerprint density at radius 1 is 0.947 bits per heavy atom. The maximum atomic E-state index is 14.6. The fourth-order valence-electron chi connectivity index (χ4n) is 6.52. The molecule has 4 aromatic rings. The Labute approximate surface area is 228 Å². The number of nitrogens with one attached hydrogen (secondary N) is 1. The molecule has 1 aromatic heterocycles. The van der Waals surface area contributed by atoms with Crippen LogP contribution in [0.2, 0.25) is 0 Å². The quantitative estimate of drug-likeness (QED) is 0.246. The minimum absolute atomic E-state index is 0.0868. The second-order valence-electron chi connectivity index (χ2n) is 11.0. The summed E-state index contributed by atoms with van der Waals surface area (Å²) in [5, 5.41) is 5.84. The SMILES string of the molecule is O=C(NC1CCCCC1)C(C1CCCCC1)n1c(CSc2cccc3ccccc23)nc2ccc(F)cc21. The third-order valence-corrected chi connectivity index (χ3v) is 9.50. The van der Waals surface area contributed by atoms with Crippen LogP contribution >= 0.6 is 11.8 Å². The van der Waals surface area contributed by atoms with E-state index in [-0.39, 0.29) is 29.7 Å². The molecule has 38 heavy (non-hydrogen) atoms. The highest BCUT2D eigenvalue weighted by atomic mass is 32.2. The first kappa shape index (κ1) is 25.4. The summed E-state index contributed by atoms with van der Waals surface area (Å²) in [6.45, 7) is 0. The lowest BCUT2D eigenvalue weighted by molar-refractivity contribution is -0.127. The van der Waals surface area contributed by atoms with Crippen molar-refractivity contribution in [3.63, 3.8) is 0 Å². The van der Waals surface area contributed by atoms with Crippen LogP contribution in [-0.2, 0) is 10.5 Å². The molecule has 0 saturated heterocycles. The third kappa shape index (κ3) is 5.33. The van der Waals surface area contributed by atoms with Crippen molar-refractivity contribution < 1.29 is 9.18 Å². The van der Waals surface area contributed by atoms with Crippen molar-refractivity contribution in [1.29, 1.82) is 0 Å². The maximum Gasteiger partial charge on any atom is 0.243 e. The molecule has 2 fully saturated rings. The number of nitrogens with zero attached hydrogens (tertiary/aromatic N) is 2. The molecule has 1 atom stereocenters. The van der Waals surface area contributed by atoms with E-state index in [1.807, 2.05) is 0 Å². The molecule has 0 aliphatic heterocycles. The zero-order chi connectivity index (χ0) is 25.9. The normalized spacial score (nSPS) is 18.1. The molecule has 6 rings (SSSR count). The Morgan fingerprint density at radius 3 is 2.50 bits per heavy atom. The lowest BCUT2D eigenvalue weighted by Crippen LogP contribution is -2.43. The van der Waals surface area contributed by atoms with Crippen molar-refractivity contribution in [1.82, 2.24) is 14.9 Å². The smallest absolute Gasteiger partial charge is 0.243 e. The minimum atomic E-state index is -0.368. The highest BCUT2D eigenvalue weighted by Crippen LogP contribution is 2.38. The van der Waals surface area contributed by atoms with Crippen LogP contribution in [0.5, 0.6) is 0 Å². The van der Waals surface area contributed by atoms with Crippen LogP contribution in [0.3, 0.4) is 0 Å². The van der Waals surface area contributed by atoms with Crippen LogP contribution < -0.4 is 5.32 Å². The van der Waals surface area contributed by atoms with Crippen molar-refractivity contribution in [3.05, 3.63) is 72.3 Å². The van der Waals surface area contributed by atoms with Crippen LogP contribution in [-0.4, -0.2) is 21.5 Å². The van der Waals surface area contributed by atoms with Crippen LogP contribution in [0, 0.1) is 11.7 Å². The van der Waals surface area contributed by atoms with Gasteiger partial charge in [-0.15, -0.1) is 11.8 Å². The molecule has 6 heteroatoms. The van der Waals surface area contributed by atoms with Crippen molar-refractivity contribution in [2.75, 3.05) is 0 Å². The number of rotatable bonds is 7. The first-order valence-corrected chi connectivity index (χ1v) is 15.2. The van der Waals surface area contributed by atoms with E-state index in [4.69, 9.17) is 4.98 Å². The monoisotopic (exact) mass is 529 g/mol.